The van der Waals surface area contributed by atoms with E-state index in [9.17, 15) is 30.0 Å². The highest BCUT2D eigenvalue weighted by Gasteiger charge is 2.34. The standard InChI is InChI=1S/C28H32O7/c1-15(2)6-5-7-16(3)8-11-19-24-22(13-21(31)26(19)32)35-23-12-20(30)18(10-9-17(4)14-29)27(33)25(23)28(24)34/h6,8-9,12-13,19,29-31,33H,5,7,10-11,14H2,1-4H3/t19-/m0/s1. The summed E-state index contributed by atoms with van der Waals surface area (Å²) in [4.78, 5) is 26.4. The fourth-order valence-corrected chi connectivity index (χ4v) is 4.11. The number of Topliss-reactive ketones (excluding diaryl/α,β-unsaturated/α-hetero) is 1. The molecule has 1 aliphatic rings. The second-order valence-electron chi connectivity index (χ2n) is 9.27. The molecule has 0 fully saturated rings. The third-order valence-electron chi connectivity index (χ3n) is 6.19. The van der Waals surface area contributed by atoms with Gasteiger partial charge in [-0.3, -0.25) is 9.59 Å². The molecule has 1 heterocycles. The van der Waals surface area contributed by atoms with Crippen LogP contribution in [0.3, 0.4) is 0 Å². The Hall–Kier alpha value is -3.58. The maximum atomic E-state index is 13.6. The van der Waals surface area contributed by atoms with Crippen molar-refractivity contribution in [3.05, 3.63) is 73.9 Å². The molecule has 186 valence electrons. The topological polar surface area (TPSA) is 128 Å². The summed E-state index contributed by atoms with van der Waals surface area (Å²) in [5.41, 5.74) is 2.46. The fourth-order valence-electron chi connectivity index (χ4n) is 4.11. The van der Waals surface area contributed by atoms with Gasteiger partial charge in [-0.15, -0.1) is 0 Å². The number of carbonyl (C=O) groups is 1. The lowest BCUT2D eigenvalue weighted by atomic mass is 9.84. The van der Waals surface area contributed by atoms with Gasteiger partial charge in [-0.05, 0) is 53.4 Å². The van der Waals surface area contributed by atoms with E-state index in [0.717, 1.165) is 24.5 Å². The molecule has 2 aromatic rings. The maximum absolute atomic E-state index is 13.6. The first-order valence-corrected chi connectivity index (χ1v) is 11.6. The number of benzene rings is 1. The van der Waals surface area contributed by atoms with Crippen molar-refractivity contribution in [2.45, 2.75) is 59.3 Å². The molecule has 7 heteroatoms. The molecule has 0 radical (unpaired) electrons. The van der Waals surface area contributed by atoms with Crippen LogP contribution in [0.4, 0.5) is 0 Å². The van der Waals surface area contributed by atoms with Gasteiger partial charge in [0.2, 0.25) is 11.2 Å². The van der Waals surface area contributed by atoms with Gasteiger partial charge in [0.15, 0.2) is 5.76 Å². The van der Waals surface area contributed by atoms with E-state index in [1.807, 2.05) is 26.8 Å². The van der Waals surface area contributed by atoms with E-state index in [2.05, 4.69) is 6.08 Å². The molecule has 1 aliphatic carbocycles. The van der Waals surface area contributed by atoms with E-state index in [1.54, 1.807) is 13.0 Å². The Balaban J connectivity index is 2.10. The van der Waals surface area contributed by atoms with Gasteiger partial charge in [0.05, 0.1) is 18.1 Å². The van der Waals surface area contributed by atoms with Crippen LogP contribution >= 0.6 is 0 Å². The predicted molar refractivity (Wildman–Crippen MR) is 136 cm³/mol. The van der Waals surface area contributed by atoms with Crippen molar-refractivity contribution in [2.24, 2.45) is 0 Å². The summed E-state index contributed by atoms with van der Waals surface area (Å²) in [6.07, 6.45) is 8.71. The Bertz CT molecular complexity index is 1330. The average Bonchev–Trinajstić information content (AvgIpc) is 2.78. The minimum Gasteiger partial charge on any atom is -0.507 e. The van der Waals surface area contributed by atoms with Crippen LogP contribution in [-0.4, -0.2) is 32.8 Å². The van der Waals surface area contributed by atoms with Crippen molar-refractivity contribution in [2.75, 3.05) is 6.61 Å². The van der Waals surface area contributed by atoms with Gasteiger partial charge in [-0.25, -0.2) is 0 Å². The fraction of sp³-hybridized carbons (Fsp3) is 0.357. The van der Waals surface area contributed by atoms with E-state index in [1.165, 1.54) is 11.6 Å². The lowest BCUT2D eigenvalue weighted by Crippen LogP contribution is -2.26. The molecule has 1 aromatic heterocycles. The summed E-state index contributed by atoms with van der Waals surface area (Å²) in [5.74, 6) is -2.72. The summed E-state index contributed by atoms with van der Waals surface area (Å²) >= 11 is 0. The van der Waals surface area contributed by atoms with Gasteiger partial charge < -0.3 is 24.8 Å². The molecule has 0 aliphatic heterocycles. The third kappa shape index (κ3) is 5.57. The lowest BCUT2D eigenvalue weighted by molar-refractivity contribution is -0.119. The van der Waals surface area contributed by atoms with Gasteiger partial charge in [0.25, 0.3) is 0 Å². The zero-order valence-electron chi connectivity index (χ0n) is 20.5. The highest BCUT2D eigenvalue weighted by Crippen LogP contribution is 2.39. The maximum Gasteiger partial charge on any atom is 0.205 e. The molecule has 35 heavy (non-hydrogen) atoms. The van der Waals surface area contributed by atoms with Crippen LogP contribution in [0.1, 0.15) is 69.8 Å². The van der Waals surface area contributed by atoms with Crippen LogP contribution in [0.5, 0.6) is 11.5 Å². The molecule has 0 unspecified atom stereocenters. The highest BCUT2D eigenvalue weighted by atomic mass is 16.3. The van der Waals surface area contributed by atoms with Gasteiger partial charge in [0.1, 0.15) is 28.2 Å². The Morgan fingerprint density at radius 3 is 2.40 bits per heavy atom. The van der Waals surface area contributed by atoms with E-state index in [-0.39, 0.29) is 53.1 Å². The molecule has 0 saturated carbocycles. The minimum absolute atomic E-state index is 0.0303. The molecular weight excluding hydrogens is 448 g/mol. The molecule has 7 nitrogen and oxygen atoms in total. The number of aromatic hydroxyl groups is 2. The molecule has 1 atom stereocenters. The molecule has 0 spiro atoms. The molecule has 3 rings (SSSR count). The van der Waals surface area contributed by atoms with Crippen molar-refractivity contribution >= 4 is 22.8 Å². The minimum atomic E-state index is -0.956. The monoisotopic (exact) mass is 480 g/mol. The van der Waals surface area contributed by atoms with Crippen molar-refractivity contribution in [1.29, 1.82) is 0 Å². The van der Waals surface area contributed by atoms with Gasteiger partial charge in [-0.2, -0.15) is 0 Å². The average molecular weight is 481 g/mol. The Morgan fingerprint density at radius 1 is 1.03 bits per heavy atom. The van der Waals surface area contributed by atoms with Crippen LogP contribution in [0.25, 0.3) is 17.0 Å². The molecule has 0 amide bonds. The molecule has 1 aromatic carbocycles. The number of aliphatic hydroxyl groups is 2. The largest absolute Gasteiger partial charge is 0.507 e. The molecule has 0 saturated heterocycles. The van der Waals surface area contributed by atoms with Crippen LogP contribution in [-0.2, 0) is 11.2 Å². The second kappa shape index (κ2) is 10.8. The van der Waals surface area contributed by atoms with Crippen LogP contribution in [0.15, 0.2) is 56.0 Å². The number of carbonyl (C=O) groups excluding carboxylic acids is 1. The third-order valence-corrected chi connectivity index (χ3v) is 6.19. The molecule has 0 bridgehead atoms. The Kier molecular flexibility index (Phi) is 8.02. The second-order valence-corrected chi connectivity index (χ2v) is 9.27. The number of allylic oxidation sites excluding steroid dienone is 6. The normalized spacial score (nSPS) is 16.3. The van der Waals surface area contributed by atoms with E-state index in [0.29, 0.717) is 5.57 Å². The first-order chi connectivity index (χ1) is 16.5. The zero-order valence-corrected chi connectivity index (χ0v) is 20.5. The van der Waals surface area contributed by atoms with Gasteiger partial charge in [-0.1, -0.05) is 34.9 Å². The predicted octanol–water partition coefficient (Wildman–Crippen LogP) is 5.33. The summed E-state index contributed by atoms with van der Waals surface area (Å²) in [6.45, 7) is 7.53. The van der Waals surface area contributed by atoms with Crippen molar-refractivity contribution in [1.82, 2.24) is 0 Å². The smallest absolute Gasteiger partial charge is 0.205 e. The van der Waals surface area contributed by atoms with Crippen molar-refractivity contribution < 1.29 is 29.6 Å². The summed E-state index contributed by atoms with van der Waals surface area (Å²) in [6, 6.07) is 1.23. The van der Waals surface area contributed by atoms with Crippen molar-refractivity contribution in [3.63, 3.8) is 0 Å². The first-order valence-electron chi connectivity index (χ1n) is 11.6. The van der Waals surface area contributed by atoms with Gasteiger partial charge >= 0.3 is 0 Å². The Labute approximate surface area is 204 Å². The number of fused-ring (bicyclic) bond motifs is 2. The highest BCUT2D eigenvalue weighted by molar-refractivity contribution is 6.05. The summed E-state index contributed by atoms with van der Waals surface area (Å²) < 4.78 is 5.78. The van der Waals surface area contributed by atoms with Crippen LogP contribution in [0.2, 0.25) is 0 Å². The number of hydrogen-bond acceptors (Lipinski definition) is 7. The van der Waals surface area contributed by atoms with E-state index < -0.39 is 28.6 Å². The number of phenols is 2. The Morgan fingerprint density at radius 2 is 1.74 bits per heavy atom. The van der Waals surface area contributed by atoms with Gasteiger partial charge in [0, 0.05) is 17.7 Å². The lowest BCUT2D eigenvalue weighted by Gasteiger charge is -2.21. The number of hydrogen-bond donors (Lipinski definition) is 4. The number of phenolic OH excluding ortho intramolecular Hbond substituents is 2. The van der Waals surface area contributed by atoms with Crippen molar-refractivity contribution in [3.8, 4) is 11.5 Å². The number of aliphatic hydroxyl groups excluding tert-OH is 2. The first kappa shape index (κ1) is 26.0. The number of rotatable bonds is 8. The summed E-state index contributed by atoms with van der Waals surface area (Å²) in [5, 5.41) is 40.6. The number of ketones is 1. The van der Waals surface area contributed by atoms with Crippen LogP contribution in [0, 0.1) is 0 Å². The molecule has 4 N–H and O–H groups in total. The SMILES string of the molecule is CC(C)=CCCC(C)=CC[C@@H]1C(=O)C(O)=Cc2oc3cc(O)c(CC=C(C)CO)c(O)c3c(=O)c21. The van der Waals surface area contributed by atoms with E-state index in [4.69, 9.17) is 4.42 Å². The van der Waals surface area contributed by atoms with Crippen LogP contribution < -0.4 is 5.43 Å². The quantitative estimate of drug-likeness (QED) is 0.376. The zero-order chi connectivity index (χ0) is 25.9. The summed E-state index contributed by atoms with van der Waals surface area (Å²) in [7, 11) is 0. The van der Waals surface area contributed by atoms with E-state index >= 15 is 0 Å². The molecular formula is C28H32O7.